The SMILES string of the molecule is N#CC=CCCCOCCc1ccccn1. The molecule has 0 bridgehead atoms. The summed E-state index contributed by atoms with van der Waals surface area (Å²) in [5, 5.41) is 8.26. The van der Waals surface area contributed by atoms with E-state index in [0.717, 1.165) is 31.6 Å². The third kappa shape index (κ3) is 5.94. The summed E-state index contributed by atoms with van der Waals surface area (Å²) in [6.45, 7) is 1.45. The maximum absolute atomic E-state index is 8.26. The fourth-order valence-corrected chi connectivity index (χ4v) is 1.26. The maximum Gasteiger partial charge on any atom is 0.0908 e. The van der Waals surface area contributed by atoms with Crippen LogP contribution in [0.4, 0.5) is 0 Å². The molecule has 0 amide bonds. The van der Waals surface area contributed by atoms with Crippen LogP contribution in [0.2, 0.25) is 0 Å². The molecule has 0 aliphatic rings. The predicted molar refractivity (Wildman–Crippen MR) is 62.7 cm³/mol. The van der Waals surface area contributed by atoms with E-state index >= 15 is 0 Å². The van der Waals surface area contributed by atoms with Crippen molar-refractivity contribution in [3.8, 4) is 6.07 Å². The van der Waals surface area contributed by atoms with E-state index in [1.807, 2.05) is 30.3 Å². The van der Waals surface area contributed by atoms with Crippen LogP contribution < -0.4 is 0 Å². The van der Waals surface area contributed by atoms with Gasteiger partial charge in [-0.25, -0.2) is 0 Å². The van der Waals surface area contributed by atoms with E-state index < -0.39 is 0 Å². The Hall–Kier alpha value is -1.66. The van der Waals surface area contributed by atoms with Gasteiger partial charge in [-0.3, -0.25) is 4.98 Å². The normalized spacial score (nSPS) is 10.4. The third-order valence-electron chi connectivity index (χ3n) is 2.08. The zero-order chi connectivity index (χ0) is 11.5. The molecule has 0 fully saturated rings. The number of nitriles is 1. The lowest BCUT2D eigenvalue weighted by Crippen LogP contribution is -2.01. The molecule has 0 saturated carbocycles. The van der Waals surface area contributed by atoms with Crippen molar-refractivity contribution < 1.29 is 4.74 Å². The fourth-order valence-electron chi connectivity index (χ4n) is 1.26. The van der Waals surface area contributed by atoms with E-state index in [1.165, 1.54) is 6.08 Å². The van der Waals surface area contributed by atoms with Gasteiger partial charge in [-0.15, -0.1) is 0 Å². The Bertz CT molecular complexity index is 341. The number of nitrogens with zero attached hydrogens (tertiary/aromatic N) is 2. The van der Waals surface area contributed by atoms with Crippen LogP contribution in [0.3, 0.4) is 0 Å². The van der Waals surface area contributed by atoms with Crippen molar-refractivity contribution in [1.29, 1.82) is 5.26 Å². The minimum atomic E-state index is 0.707. The van der Waals surface area contributed by atoms with Gasteiger partial charge in [0.25, 0.3) is 0 Å². The maximum atomic E-state index is 8.26. The molecule has 0 aliphatic heterocycles. The van der Waals surface area contributed by atoms with Gasteiger partial charge in [0.2, 0.25) is 0 Å². The summed E-state index contributed by atoms with van der Waals surface area (Å²) in [6, 6.07) is 7.85. The minimum Gasteiger partial charge on any atom is -0.381 e. The molecule has 0 spiro atoms. The number of unbranched alkanes of at least 4 members (excludes halogenated alkanes) is 1. The quantitative estimate of drug-likeness (QED) is 0.519. The van der Waals surface area contributed by atoms with Gasteiger partial charge in [0.15, 0.2) is 0 Å². The topological polar surface area (TPSA) is 45.9 Å². The van der Waals surface area contributed by atoms with E-state index in [1.54, 1.807) is 6.20 Å². The van der Waals surface area contributed by atoms with Crippen molar-refractivity contribution in [2.24, 2.45) is 0 Å². The standard InChI is InChI=1S/C13H16N2O/c14-9-4-1-2-6-11-16-12-8-13-7-3-5-10-15-13/h1,3-5,7,10H,2,6,8,11-12H2. The van der Waals surface area contributed by atoms with Gasteiger partial charge in [-0.05, 0) is 25.0 Å². The van der Waals surface area contributed by atoms with Crippen LogP contribution >= 0.6 is 0 Å². The molecular weight excluding hydrogens is 200 g/mol. The minimum absolute atomic E-state index is 0.707. The third-order valence-corrected chi connectivity index (χ3v) is 2.08. The summed E-state index contributed by atoms with van der Waals surface area (Å²) < 4.78 is 5.46. The summed E-state index contributed by atoms with van der Waals surface area (Å²) in [6.07, 6.45) is 7.88. The smallest absolute Gasteiger partial charge is 0.0908 e. The Morgan fingerprint density at radius 3 is 3.06 bits per heavy atom. The monoisotopic (exact) mass is 216 g/mol. The fraction of sp³-hybridized carbons (Fsp3) is 0.385. The molecule has 3 heteroatoms. The number of pyridine rings is 1. The highest BCUT2D eigenvalue weighted by Gasteiger charge is 1.92. The molecule has 16 heavy (non-hydrogen) atoms. The number of aromatic nitrogens is 1. The van der Waals surface area contributed by atoms with Gasteiger partial charge in [-0.2, -0.15) is 5.26 Å². The zero-order valence-corrected chi connectivity index (χ0v) is 9.30. The van der Waals surface area contributed by atoms with Gasteiger partial charge >= 0.3 is 0 Å². The molecule has 1 rings (SSSR count). The van der Waals surface area contributed by atoms with Crippen LogP contribution in [-0.4, -0.2) is 18.2 Å². The first-order valence-corrected chi connectivity index (χ1v) is 5.46. The Kier molecular flexibility index (Phi) is 6.70. The van der Waals surface area contributed by atoms with Gasteiger partial charge in [-0.1, -0.05) is 12.1 Å². The lowest BCUT2D eigenvalue weighted by molar-refractivity contribution is 0.135. The lowest BCUT2D eigenvalue weighted by atomic mass is 10.3. The van der Waals surface area contributed by atoms with Crippen LogP contribution in [0.5, 0.6) is 0 Å². The Balaban J connectivity index is 1.97. The van der Waals surface area contributed by atoms with Crippen molar-refractivity contribution in [1.82, 2.24) is 4.98 Å². The van der Waals surface area contributed by atoms with E-state index in [-0.39, 0.29) is 0 Å². The number of ether oxygens (including phenoxy) is 1. The molecule has 3 nitrogen and oxygen atoms in total. The van der Waals surface area contributed by atoms with Crippen LogP contribution in [0, 0.1) is 11.3 Å². The highest BCUT2D eigenvalue weighted by Crippen LogP contribution is 1.96. The zero-order valence-electron chi connectivity index (χ0n) is 9.30. The second-order valence-electron chi connectivity index (χ2n) is 3.36. The van der Waals surface area contributed by atoms with Crippen molar-refractivity contribution in [2.45, 2.75) is 19.3 Å². The molecule has 0 aromatic carbocycles. The average molecular weight is 216 g/mol. The van der Waals surface area contributed by atoms with Crippen LogP contribution in [0.15, 0.2) is 36.5 Å². The molecule has 0 N–H and O–H groups in total. The van der Waals surface area contributed by atoms with Gasteiger partial charge < -0.3 is 4.74 Å². The van der Waals surface area contributed by atoms with E-state index in [4.69, 9.17) is 10.00 Å². The molecule has 0 saturated heterocycles. The van der Waals surface area contributed by atoms with Crippen LogP contribution in [-0.2, 0) is 11.2 Å². The molecule has 0 unspecified atom stereocenters. The Morgan fingerprint density at radius 1 is 1.38 bits per heavy atom. The first-order chi connectivity index (χ1) is 7.93. The second-order valence-corrected chi connectivity index (χ2v) is 3.36. The van der Waals surface area contributed by atoms with Gasteiger partial charge in [0, 0.05) is 31.0 Å². The first kappa shape index (κ1) is 12.4. The summed E-state index contributed by atoms with van der Waals surface area (Å²) >= 11 is 0. The highest BCUT2D eigenvalue weighted by molar-refractivity contribution is 5.03. The first-order valence-electron chi connectivity index (χ1n) is 5.46. The number of hydrogen-bond donors (Lipinski definition) is 0. The van der Waals surface area contributed by atoms with Crippen molar-refractivity contribution in [2.75, 3.05) is 13.2 Å². The Labute approximate surface area is 96.4 Å². The summed E-state index contributed by atoms with van der Waals surface area (Å²) in [5.41, 5.74) is 1.06. The van der Waals surface area contributed by atoms with Crippen LogP contribution in [0.1, 0.15) is 18.5 Å². The van der Waals surface area contributed by atoms with E-state index in [0.29, 0.717) is 6.61 Å². The van der Waals surface area contributed by atoms with Gasteiger partial charge in [0.1, 0.15) is 0 Å². The van der Waals surface area contributed by atoms with Crippen molar-refractivity contribution in [3.05, 3.63) is 42.2 Å². The van der Waals surface area contributed by atoms with Gasteiger partial charge in [0.05, 0.1) is 12.7 Å². The summed E-state index contributed by atoms with van der Waals surface area (Å²) in [5.74, 6) is 0. The number of rotatable bonds is 7. The lowest BCUT2D eigenvalue weighted by Gasteiger charge is -2.02. The number of hydrogen-bond acceptors (Lipinski definition) is 3. The Morgan fingerprint density at radius 2 is 2.31 bits per heavy atom. The molecule has 0 aliphatic carbocycles. The molecular formula is C13H16N2O. The van der Waals surface area contributed by atoms with E-state index in [2.05, 4.69) is 4.98 Å². The molecule has 84 valence electrons. The molecule has 1 heterocycles. The summed E-state index contributed by atoms with van der Waals surface area (Å²) in [4.78, 5) is 4.21. The highest BCUT2D eigenvalue weighted by atomic mass is 16.5. The molecule has 0 radical (unpaired) electrons. The largest absolute Gasteiger partial charge is 0.381 e. The van der Waals surface area contributed by atoms with Crippen LogP contribution in [0.25, 0.3) is 0 Å². The molecule has 0 atom stereocenters. The number of allylic oxidation sites excluding steroid dienone is 2. The van der Waals surface area contributed by atoms with Crippen molar-refractivity contribution >= 4 is 0 Å². The second kappa shape index (κ2) is 8.63. The predicted octanol–water partition coefficient (Wildman–Crippen LogP) is 2.50. The van der Waals surface area contributed by atoms with Crippen molar-refractivity contribution in [3.63, 3.8) is 0 Å². The molecule has 1 aromatic rings. The molecule has 1 aromatic heterocycles. The summed E-state index contributed by atoms with van der Waals surface area (Å²) in [7, 11) is 0. The van der Waals surface area contributed by atoms with E-state index in [9.17, 15) is 0 Å². The average Bonchev–Trinajstić information content (AvgIpc) is 2.34.